The molecule has 8 nitrogen and oxygen atoms in total. The largest absolute Gasteiger partial charge is 0.544 e. The Morgan fingerprint density at radius 1 is 0.585 bits per heavy atom. The van der Waals surface area contributed by atoms with Crippen molar-refractivity contribution in [2.45, 2.75) is 154 Å². The lowest BCUT2D eigenvalue weighted by Gasteiger charge is -2.34. The van der Waals surface area contributed by atoms with Crippen molar-refractivity contribution < 1.29 is 38.2 Å². The quantitative estimate of drug-likeness (QED) is 0.0210. The van der Waals surface area contributed by atoms with Crippen LogP contribution in [0, 0.1) is 0 Å². The molecule has 53 heavy (non-hydrogen) atoms. The molecule has 0 radical (unpaired) electrons. The molecular formula is C45H75NO7. The summed E-state index contributed by atoms with van der Waals surface area (Å²) in [6.07, 6.45) is 43.7. The number of unbranched alkanes of at least 4 members (excludes halogenated alkanes) is 13. The molecule has 8 heteroatoms. The number of ether oxygens (including phenoxy) is 3. The van der Waals surface area contributed by atoms with Crippen molar-refractivity contribution in [2.75, 3.05) is 41.0 Å². The van der Waals surface area contributed by atoms with Gasteiger partial charge < -0.3 is 28.6 Å². The summed E-state index contributed by atoms with van der Waals surface area (Å²) >= 11 is 0. The zero-order valence-electron chi connectivity index (χ0n) is 34.2. The average Bonchev–Trinajstić information content (AvgIpc) is 3.11. The standard InChI is InChI=1S/C45H75NO7/c1-6-8-10-12-14-16-18-20-21-22-24-26-28-30-32-34-36-44(48)53-41(39-51-38-37-42(45(49)50)46(3,4)5)40-52-43(47)35-33-31-29-27-25-23-19-17-15-13-11-9-7-2/h9,11,13,15,17,19,21-23,25,27,29,41-42H,6-8,10,12,14,16,18,20,24,26,28,30-40H2,1-5H3/b11-9+,15-13+,19-17+,22-21+,25-23+,29-27+. The van der Waals surface area contributed by atoms with Crippen LogP contribution in [0.4, 0.5) is 0 Å². The average molecular weight is 742 g/mol. The Hall–Kier alpha value is -3.23. The SMILES string of the molecule is CC/C=C/C=C/C=C/C=C/C=C/CCCC(=O)OCC(COCCC(C(=O)[O-])[N+](C)(C)C)OC(=O)CCCCCCC/C=C/CCCCCCCCC. The number of carboxylic acid groups (broad SMARTS) is 1. The minimum Gasteiger partial charge on any atom is -0.544 e. The summed E-state index contributed by atoms with van der Waals surface area (Å²) < 4.78 is 17.0. The van der Waals surface area contributed by atoms with Crippen molar-refractivity contribution in [3.05, 3.63) is 72.9 Å². The first kappa shape index (κ1) is 49.8. The molecule has 0 amide bonds. The molecule has 0 aromatic heterocycles. The van der Waals surface area contributed by atoms with Gasteiger partial charge in [-0.2, -0.15) is 0 Å². The lowest BCUT2D eigenvalue weighted by molar-refractivity contribution is -0.889. The van der Waals surface area contributed by atoms with E-state index in [0.717, 1.165) is 51.4 Å². The molecule has 0 aliphatic heterocycles. The van der Waals surface area contributed by atoms with Crippen molar-refractivity contribution >= 4 is 17.9 Å². The third kappa shape index (κ3) is 34.3. The molecule has 302 valence electrons. The second-order valence-electron chi connectivity index (χ2n) is 14.6. The molecule has 0 aromatic rings. The lowest BCUT2D eigenvalue weighted by atomic mass is 10.1. The summed E-state index contributed by atoms with van der Waals surface area (Å²) in [6.45, 7) is 4.40. The highest BCUT2D eigenvalue weighted by Gasteiger charge is 2.25. The molecule has 0 N–H and O–H groups in total. The number of carbonyl (C=O) groups is 3. The minimum atomic E-state index is -1.14. The second kappa shape index (κ2) is 35.8. The number of hydrogen-bond donors (Lipinski definition) is 0. The van der Waals surface area contributed by atoms with E-state index < -0.39 is 18.1 Å². The highest BCUT2D eigenvalue weighted by atomic mass is 16.6. The van der Waals surface area contributed by atoms with Gasteiger partial charge in [0.15, 0.2) is 6.10 Å². The Kier molecular flexibility index (Phi) is 33.6. The predicted molar refractivity (Wildman–Crippen MR) is 217 cm³/mol. The van der Waals surface area contributed by atoms with Crippen LogP contribution in [0.2, 0.25) is 0 Å². The van der Waals surface area contributed by atoms with Crippen LogP contribution in [0.25, 0.3) is 0 Å². The first-order valence-electron chi connectivity index (χ1n) is 20.5. The van der Waals surface area contributed by atoms with Crippen LogP contribution in [-0.4, -0.2) is 75.5 Å². The van der Waals surface area contributed by atoms with Crippen molar-refractivity contribution in [3.63, 3.8) is 0 Å². The zero-order valence-corrected chi connectivity index (χ0v) is 34.2. The van der Waals surface area contributed by atoms with Gasteiger partial charge in [0.25, 0.3) is 0 Å². The van der Waals surface area contributed by atoms with Gasteiger partial charge in [0.2, 0.25) is 0 Å². The van der Waals surface area contributed by atoms with E-state index in [0.29, 0.717) is 12.8 Å². The summed E-state index contributed by atoms with van der Waals surface area (Å²) in [5.74, 6) is -1.85. The van der Waals surface area contributed by atoms with Crippen LogP contribution in [0.15, 0.2) is 72.9 Å². The Balaban J connectivity index is 4.51. The number of carboxylic acids is 1. The topological polar surface area (TPSA) is 102 Å². The summed E-state index contributed by atoms with van der Waals surface area (Å²) in [6, 6.07) is -0.740. The first-order chi connectivity index (χ1) is 25.6. The van der Waals surface area contributed by atoms with Crippen LogP contribution in [0.3, 0.4) is 0 Å². The number of esters is 2. The van der Waals surface area contributed by atoms with Crippen LogP contribution in [0.5, 0.6) is 0 Å². The normalized spacial score (nSPS) is 13.8. The fraction of sp³-hybridized carbons (Fsp3) is 0.667. The van der Waals surface area contributed by atoms with E-state index in [4.69, 9.17) is 14.2 Å². The predicted octanol–water partition coefficient (Wildman–Crippen LogP) is 9.46. The molecule has 0 saturated heterocycles. The van der Waals surface area contributed by atoms with Gasteiger partial charge in [-0.15, -0.1) is 0 Å². The number of carbonyl (C=O) groups excluding carboxylic acids is 3. The number of allylic oxidation sites excluding steroid dienone is 12. The number of likely N-dealkylation sites (N-methyl/N-ethyl adjacent to an activating group) is 1. The van der Waals surface area contributed by atoms with E-state index in [9.17, 15) is 19.5 Å². The van der Waals surface area contributed by atoms with Crippen LogP contribution >= 0.6 is 0 Å². The minimum absolute atomic E-state index is 0.0111. The van der Waals surface area contributed by atoms with Gasteiger partial charge in [-0.1, -0.05) is 145 Å². The van der Waals surface area contributed by atoms with Crippen molar-refractivity contribution in [2.24, 2.45) is 0 Å². The number of hydrogen-bond acceptors (Lipinski definition) is 7. The number of rotatable bonds is 35. The molecule has 2 unspecified atom stereocenters. The van der Waals surface area contributed by atoms with Gasteiger partial charge in [-0.3, -0.25) is 9.59 Å². The highest BCUT2D eigenvalue weighted by molar-refractivity contribution is 5.70. The third-order valence-corrected chi connectivity index (χ3v) is 8.70. The van der Waals surface area contributed by atoms with Crippen molar-refractivity contribution in [1.82, 2.24) is 0 Å². The van der Waals surface area contributed by atoms with Gasteiger partial charge in [0, 0.05) is 19.3 Å². The lowest BCUT2D eigenvalue weighted by Crippen LogP contribution is -2.55. The van der Waals surface area contributed by atoms with E-state index >= 15 is 0 Å². The number of aliphatic carboxylic acids is 1. The van der Waals surface area contributed by atoms with E-state index in [1.807, 2.05) is 54.7 Å². The van der Waals surface area contributed by atoms with Crippen LogP contribution in [0.1, 0.15) is 142 Å². The fourth-order valence-corrected chi connectivity index (χ4v) is 5.51. The maximum absolute atomic E-state index is 12.7. The van der Waals surface area contributed by atoms with Crippen molar-refractivity contribution in [1.29, 1.82) is 0 Å². The van der Waals surface area contributed by atoms with Gasteiger partial charge >= 0.3 is 11.9 Å². The molecule has 0 fully saturated rings. The van der Waals surface area contributed by atoms with Gasteiger partial charge in [0.05, 0.1) is 40.3 Å². The van der Waals surface area contributed by atoms with Gasteiger partial charge in [0.1, 0.15) is 12.6 Å². The molecule has 0 aliphatic carbocycles. The number of nitrogens with zero attached hydrogens (tertiary/aromatic N) is 1. The maximum Gasteiger partial charge on any atom is 0.306 e. The first-order valence-corrected chi connectivity index (χ1v) is 20.5. The van der Waals surface area contributed by atoms with E-state index in [1.165, 1.54) is 51.4 Å². The molecule has 2 atom stereocenters. The molecule has 0 aromatic carbocycles. The van der Waals surface area contributed by atoms with Crippen LogP contribution in [-0.2, 0) is 28.6 Å². The highest BCUT2D eigenvalue weighted by Crippen LogP contribution is 2.12. The smallest absolute Gasteiger partial charge is 0.306 e. The van der Waals surface area contributed by atoms with Gasteiger partial charge in [-0.25, -0.2) is 0 Å². The molecule has 0 bridgehead atoms. The van der Waals surface area contributed by atoms with Crippen molar-refractivity contribution in [3.8, 4) is 0 Å². The Morgan fingerprint density at radius 3 is 1.66 bits per heavy atom. The zero-order chi connectivity index (χ0) is 39.3. The van der Waals surface area contributed by atoms with Gasteiger partial charge in [-0.05, 0) is 51.4 Å². The number of quaternary nitrogens is 1. The molecule has 0 saturated carbocycles. The Labute approximate surface area is 323 Å². The Bertz CT molecular complexity index is 1100. The summed E-state index contributed by atoms with van der Waals surface area (Å²) in [5, 5.41) is 11.6. The summed E-state index contributed by atoms with van der Waals surface area (Å²) in [4.78, 5) is 36.7. The molecular weight excluding hydrogens is 666 g/mol. The second-order valence-corrected chi connectivity index (χ2v) is 14.6. The fourth-order valence-electron chi connectivity index (χ4n) is 5.51. The van der Waals surface area contributed by atoms with E-state index in [2.05, 4.69) is 32.1 Å². The molecule has 0 aliphatic rings. The summed E-state index contributed by atoms with van der Waals surface area (Å²) in [5.41, 5.74) is 0. The Morgan fingerprint density at radius 2 is 1.09 bits per heavy atom. The molecule has 0 rings (SSSR count). The third-order valence-electron chi connectivity index (χ3n) is 8.70. The van der Waals surface area contributed by atoms with Crippen LogP contribution < -0.4 is 5.11 Å². The molecule has 0 spiro atoms. The monoisotopic (exact) mass is 742 g/mol. The molecule has 0 heterocycles. The summed E-state index contributed by atoms with van der Waals surface area (Å²) in [7, 11) is 5.37. The van der Waals surface area contributed by atoms with E-state index in [1.54, 1.807) is 21.1 Å². The maximum atomic E-state index is 12.7. The van der Waals surface area contributed by atoms with E-state index in [-0.39, 0.29) is 49.1 Å².